The summed E-state index contributed by atoms with van der Waals surface area (Å²) < 4.78 is 0. The van der Waals surface area contributed by atoms with E-state index in [1.165, 1.54) is 27.8 Å². The molecule has 1 nitrogen and oxygen atoms in total. The van der Waals surface area contributed by atoms with E-state index < -0.39 is 0 Å². The molecule has 4 rings (SSSR count). The summed E-state index contributed by atoms with van der Waals surface area (Å²) in [6.45, 7) is 13.4. The van der Waals surface area contributed by atoms with Gasteiger partial charge in [-0.2, -0.15) is 0 Å². The van der Waals surface area contributed by atoms with Crippen molar-refractivity contribution in [2.45, 2.75) is 33.7 Å². The van der Waals surface area contributed by atoms with E-state index in [0.717, 1.165) is 11.4 Å². The zero-order chi connectivity index (χ0) is 25.5. The smallest absolute Gasteiger partial charge is 0.0735 e. The lowest BCUT2D eigenvalue weighted by atomic mass is 9.84. The van der Waals surface area contributed by atoms with Gasteiger partial charge in [-0.3, -0.25) is 0 Å². The summed E-state index contributed by atoms with van der Waals surface area (Å²) in [6, 6.07) is 39.0. The molecule has 0 N–H and O–H groups in total. The minimum atomic E-state index is 0.0533. The fourth-order valence-electron chi connectivity index (χ4n) is 4.84. The van der Waals surface area contributed by atoms with E-state index >= 15 is 0 Å². The van der Waals surface area contributed by atoms with Crippen molar-refractivity contribution in [3.63, 3.8) is 0 Å². The Morgan fingerprint density at radius 3 is 1.33 bits per heavy atom. The maximum atomic E-state index is 4.29. The van der Waals surface area contributed by atoms with E-state index in [4.69, 9.17) is 0 Å². The summed E-state index contributed by atoms with van der Waals surface area (Å²) in [5.74, 6) is 0.981. The van der Waals surface area contributed by atoms with Crippen molar-refractivity contribution in [3.05, 3.63) is 133 Å². The molecule has 0 heterocycles. The molecule has 1 heteroatoms. The molecule has 0 spiro atoms. The highest BCUT2D eigenvalue weighted by molar-refractivity contribution is 5.74. The quantitative estimate of drug-likeness (QED) is 0.219. The molecule has 0 saturated carbocycles. The Morgan fingerprint density at radius 2 is 1.00 bits per heavy atom. The van der Waals surface area contributed by atoms with Crippen LogP contribution in [0.1, 0.15) is 27.7 Å². The number of anilines is 2. The first-order valence-electron chi connectivity index (χ1n) is 12.9. The molecule has 182 valence electrons. The van der Waals surface area contributed by atoms with Crippen LogP contribution in [0.2, 0.25) is 0 Å². The zero-order valence-corrected chi connectivity index (χ0v) is 21.9. The van der Waals surface area contributed by atoms with Gasteiger partial charge in [0.2, 0.25) is 0 Å². The van der Waals surface area contributed by atoms with Crippen LogP contribution in [-0.2, 0) is 0 Å². The number of hydrogen-bond donors (Lipinski definition) is 0. The van der Waals surface area contributed by atoms with E-state index in [2.05, 4.69) is 161 Å². The normalized spacial score (nSPS) is 13.3. The van der Waals surface area contributed by atoms with Gasteiger partial charge in [-0.1, -0.05) is 118 Å². The highest BCUT2D eigenvalue weighted by Gasteiger charge is 2.26. The lowest BCUT2D eigenvalue weighted by Crippen LogP contribution is -2.34. The molecular weight excluding hydrogens is 434 g/mol. The summed E-state index contributed by atoms with van der Waals surface area (Å²) >= 11 is 0. The second-order valence-corrected chi connectivity index (χ2v) is 9.70. The van der Waals surface area contributed by atoms with Crippen molar-refractivity contribution in [1.29, 1.82) is 0 Å². The van der Waals surface area contributed by atoms with Crippen molar-refractivity contribution >= 4 is 11.4 Å². The molecule has 0 aliphatic heterocycles. The van der Waals surface area contributed by atoms with Crippen LogP contribution in [0.15, 0.2) is 133 Å². The fourth-order valence-corrected chi connectivity index (χ4v) is 4.84. The van der Waals surface area contributed by atoms with Crippen LogP contribution in [-0.4, -0.2) is 6.04 Å². The average Bonchev–Trinajstić information content (AvgIpc) is 2.94. The van der Waals surface area contributed by atoms with Gasteiger partial charge in [0.1, 0.15) is 0 Å². The summed E-state index contributed by atoms with van der Waals surface area (Å²) in [7, 11) is 0. The molecule has 0 aromatic heterocycles. The SMILES string of the molecule is C=CC(/C(=C/C)C(C)C(C)C)N(c1ccc(-c2ccccc2)cc1)c1ccc(-c2ccccc2)cc1. The highest BCUT2D eigenvalue weighted by atomic mass is 15.2. The Bertz CT molecular complexity index is 1180. The number of nitrogens with zero attached hydrogens (tertiary/aromatic N) is 1. The van der Waals surface area contributed by atoms with Crippen molar-refractivity contribution in [3.8, 4) is 22.3 Å². The second-order valence-electron chi connectivity index (χ2n) is 9.70. The van der Waals surface area contributed by atoms with Crippen molar-refractivity contribution < 1.29 is 0 Å². The van der Waals surface area contributed by atoms with E-state index in [9.17, 15) is 0 Å². The molecule has 0 bridgehead atoms. The molecule has 0 radical (unpaired) electrons. The van der Waals surface area contributed by atoms with Crippen molar-refractivity contribution in [2.24, 2.45) is 11.8 Å². The summed E-state index contributed by atoms with van der Waals surface area (Å²) in [6.07, 6.45) is 4.37. The molecular formula is C35H37N. The summed E-state index contributed by atoms with van der Waals surface area (Å²) in [5, 5.41) is 0. The topological polar surface area (TPSA) is 3.24 Å². The largest absolute Gasteiger partial charge is 0.331 e. The van der Waals surface area contributed by atoms with Crippen LogP contribution in [0.25, 0.3) is 22.3 Å². The summed E-state index contributed by atoms with van der Waals surface area (Å²) in [5.41, 5.74) is 8.59. The zero-order valence-electron chi connectivity index (χ0n) is 21.9. The minimum Gasteiger partial charge on any atom is -0.331 e. The monoisotopic (exact) mass is 471 g/mol. The van der Waals surface area contributed by atoms with Crippen LogP contribution >= 0.6 is 0 Å². The van der Waals surface area contributed by atoms with E-state index in [0.29, 0.717) is 11.8 Å². The molecule has 4 aromatic carbocycles. The Hall–Kier alpha value is -3.84. The maximum absolute atomic E-state index is 4.29. The average molecular weight is 472 g/mol. The minimum absolute atomic E-state index is 0.0533. The lowest BCUT2D eigenvalue weighted by molar-refractivity contribution is 0.462. The van der Waals surface area contributed by atoms with Gasteiger partial charge in [-0.25, -0.2) is 0 Å². The third-order valence-corrected chi connectivity index (χ3v) is 7.21. The van der Waals surface area contributed by atoms with Crippen LogP contribution < -0.4 is 4.90 Å². The lowest BCUT2D eigenvalue weighted by Gasteiger charge is -2.37. The van der Waals surface area contributed by atoms with Crippen LogP contribution in [0.4, 0.5) is 11.4 Å². The molecule has 36 heavy (non-hydrogen) atoms. The molecule has 0 amide bonds. The predicted molar refractivity (Wildman–Crippen MR) is 158 cm³/mol. The molecule has 4 aromatic rings. The molecule has 0 aliphatic carbocycles. The van der Waals surface area contributed by atoms with Gasteiger partial charge in [0.05, 0.1) is 6.04 Å². The fraction of sp³-hybridized carbons (Fsp3) is 0.200. The number of hydrogen-bond acceptors (Lipinski definition) is 1. The number of benzene rings is 4. The number of allylic oxidation sites excluding steroid dienone is 1. The first-order chi connectivity index (χ1) is 17.5. The van der Waals surface area contributed by atoms with Crippen molar-refractivity contribution in [1.82, 2.24) is 0 Å². The Labute approximate surface area is 217 Å². The van der Waals surface area contributed by atoms with Gasteiger partial charge in [-0.05, 0) is 70.9 Å². The van der Waals surface area contributed by atoms with E-state index in [1.807, 2.05) is 0 Å². The standard InChI is InChI=1S/C35H37N/c1-6-34(27(5)26(3)4)35(7-2)36(32-22-18-30(19-23-32)28-14-10-8-11-15-28)33-24-20-31(21-25-33)29-16-12-9-13-17-29/h6-27,35H,2H2,1,3-5H3/b34-6+. The van der Waals surface area contributed by atoms with Gasteiger partial charge in [0.15, 0.2) is 0 Å². The Balaban J connectivity index is 1.78. The van der Waals surface area contributed by atoms with Gasteiger partial charge in [0, 0.05) is 11.4 Å². The molecule has 0 saturated heterocycles. The van der Waals surface area contributed by atoms with Crippen LogP contribution in [0.3, 0.4) is 0 Å². The second kappa shape index (κ2) is 11.7. The predicted octanol–water partition coefficient (Wildman–Crippen LogP) is 9.95. The van der Waals surface area contributed by atoms with Gasteiger partial charge >= 0.3 is 0 Å². The molecule has 2 atom stereocenters. The third-order valence-electron chi connectivity index (χ3n) is 7.21. The molecule has 0 aliphatic rings. The van der Waals surface area contributed by atoms with Crippen LogP contribution in [0, 0.1) is 11.8 Å². The highest BCUT2D eigenvalue weighted by Crippen LogP contribution is 2.37. The Kier molecular flexibility index (Phi) is 8.23. The van der Waals surface area contributed by atoms with Crippen LogP contribution in [0.5, 0.6) is 0 Å². The molecule has 0 fully saturated rings. The van der Waals surface area contributed by atoms with Gasteiger partial charge < -0.3 is 4.90 Å². The maximum Gasteiger partial charge on any atom is 0.0735 e. The first kappa shape index (κ1) is 25.3. The number of rotatable bonds is 9. The first-order valence-corrected chi connectivity index (χ1v) is 12.9. The van der Waals surface area contributed by atoms with E-state index in [1.54, 1.807) is 0 Å². The van der Waals surface area contributed by atoms with Crippen molar-refractivity contribution in [2.75, 3.05) is 4.90 Å². The third kappa shape index (κ3) is 5.52. The summed E-state index contributed by atoms with van der Waals surface area (Å²) in [4.78, 5) is 2.42. The molecule has 2 unspecified atom stereocenters. The van der Waals surface area contributed by atoms with Gasteiger partial charge in [0.25, 0.3) is 0 Å². The Morgan fingerprint density at radius 1 is 0.611 bits per heavy atom. The van der Waals surface area contributed by atoms with E-state index in [-0.39, 0.29) is 6.04 Å². The van der Waals surface area contributed by atoms with Gasteiger partial charge in [-0.15, -0.1) is 6.58 Å².